The van der Waals surface area contributed by atoms with Gasteiger partial charge in [-0.2, -0.15) is 0 Å². The van der Waals surface area contributed by atoms with Gasteiger partial charge < -0.3 is 10.5 Å². The summed E-state index contributed by atoms with van der Waals surface area (Å²) in [6.45, 7) is 0.801. The molecule has 72 valence electrons. The molecule has 4 heteroatoms. The Balaban J connectivity index is 2.28. The van der Waals surface area contributed by atoms with Crippen LogP contribution in [0.3, 0.4) is 0 Å². The van der Waals surface area contributed by atoms with E-state index in [-0.39, 0.29) is 0 Å². The second-order valence-corrected chi connectivity index (χ2v) is 3.71. The fraction of sp³-hybridized carbons (Fsp3) is 0.444. The van der Waals surface area contributed by atoms with Crippen LogP contribution in [-0.2, 0) is 4.74 Å². The van der Waals surface area contributed by atoms with E-state index in [2.05, 4.69) is 4.98 Å². The normalized spacial score (nSPS) is 10.2. The van der Waals surface area contributed by atoms with Gasteiger partial charge in [-0.1, -0.05) is 6.07 Å². The van der Waals surface area contributed by atoms with Crippen LogP contribution in [0.1, 0.15) is 6.42 Å². The molecule has 3 nitrogen and oxygen atoms in total. The molecule has 0 saturated carbocycles. The minimum atomic E-state index is 0.580. The van der Waals surface area contributed by atoms with E-state index in [1.807, 2.05) is 12.1 Å². The molecule has 0 aliphatic carbocycles. The van der Waals surface area contributed by atoms with Crippen molar-refractivity contribution in [2.45, 2.75) is 11.4 Å². The average molecular weight is 198 g/mol. The summed E-state index contributed by atoms with van der Waals surface area (Å²) in [5.74, 6) is 1.60. The lowest BCUT2D eigenvalue weighted by atomic mass is 10.5. The predicted molar refractivity (Wildman–Crippen MR) is 55.9 cm³/mol. The lowest BCUT2D eigenvalue weighted by Gasteiger charge is -2.00. The topological polar surface area (TPSA) is 48.1 Å². The van der Waals surface area contributed by atoms with E-state index in [0.717, 1.165) is 23.8 Å². The zero-order valence-corrected chi connectivity index (χ0v) is 8.51. The SMILES string of the molecule is COCCCSc1cccc(N)n1. The Bertz CT molecular complexity index is 255. The maximum absolute atomic E-state index is 5.54. The highest BCUT2D eigenvalue weighted by Crippen LogP contribution is 2.16. The summed E-state index contributed by atoms with van der Waals surface area (Å²) in [6, 6.07) is 5.67. The zero-order valence-electron chi connectivity index (χ0n) is 7.69. The molecule has 1 heterocycles. The van der Waals surface area contributed by atoms with Gasteiger partial charge in [0.1, 0.15) is 5.82 Å². The van der Waals surface area contributed by atoms with E-state index in [0.29, 0.717) is 5.82 Å². The van der Waals surface area contributed by atoms with E-state index in [1.54, 1.807) is 24.9 Å². The number of nitrogens with two attached hydrogens (primary N) is 1. The number of ether oxygens (including phenoxy) is 1. The second-order valence-electron chi connectivity index (χ2n) is 2.60. The smallest absolute Gasteiger partial charge is 0.124 e. The van der Waals surface area contributed by atoms with Crippen LogP contribution in [0.4, 0.5) is 5.82 Å². The summed E-state index contributed by atoms with van der Waals surface area (Å²) < 4.78 is 4.95. The van der Waals surface area contributed by atoms with Crippen LogP contribution < -0.4 is 5.73 Å². The average Bonchev–Trinajstić information content (AvgIpc) is 2.13. The highest BCUT2D eigenvalue weighted by molar-refractivity contribution is 7.99. The first-order valence-electron chi connectivity index (χ1n) is 4.17. The Hall–Kier alpha value is -0.740. The number of rotatable bonds is 5. The maximum Gasteiger partial charge on any atom is 0.124 e. The number of anilines is 1. The van der Waals surface area contributed by atoms with Gasteiger partial charge in [0.25, 0.3) is 0 Å². The quantitative estimate of drug-likeness (QED) is 0.579. The van der Waals surface area contributed by atoms with Gasteiger partial charge in [-0.05, 0) is 18.6 Å². The van der Waals surface area contributed by atoms with E-state index in [1.165, 1.54) is 0 Å². The van der Waals surface area contributed by atoms with Gasteiger partial charge >= 0.3 is 0 Å². The van der Waals surface area contributed by atoms with Gasteiger partial charge in [-0.25, -0.2) is 4.98 Å². The zero-order chi connectivity index (χ0) is 9.52. The van der Waals surface area contributed by atoms with Gasteiger partial charge in [0.05, 0.1) is 5.03 Å². The molecule has 0 bridgehead atoms. The first-order chi connectivity index (χ1) is 6.33. The molecule has 0 spiro atoms. The number of hydrogen-bond donors (Lipinski definition) is 1. The third kappa shape index (κ3) is 4.15. The van der Waals surface area contributed by atoms with Crippen molar-refractivity contribution in [3.05, 3.63) is 18.2 Å². The molecule has 0 aliphatic rings. The molecule has 0 aliphatic heterocycles. The first-order valence-corrected chi connectivity index (χ1v) is 5.16. The third-order valence-electron chi connectivity index (χ3n) is 1.49. The minimum absolute atomic E-state index is 0.580. The number of pyridine rings is 1. The molecular weight excluding hydrogens is 184 g/mol. The van der Waals surface area contributed by atoms with Crippen molar-refractivity contribution in [1.29, 1.82) is 0 Å². The lowest BCUT2D eigenvalue weighted by molar-refractivity contribution is 0.200. The largest absolute Gasteiger partial charge is 0.385 e. The van der Waals surface area contributed by atoms with Gasteiger partial charge in [-0.15, -0.1) is 11.8 Å². The number of thioether (sulfide) groups is 1. The molecule has 1 rings (SSSR count). The van der Waals surface area contributed by atoms with Gasteiger partial charge in [0.15, 0.2) is 0 Å². The molecule has 0 radical (unpaired) electrons. The van der Waals surface area contributed by atoms with E-state index in [9.17, 15) is 0 Å². The molecule has 2 N–H and O–H groups in total. The van der Waals surface area contributed by atoms with Crippen molar-refractivity contribution in [1.82, 2.24) is 4.98 Å². The van der Waals surface area contributed by atoms with Crippen molar-refractivity contribution in [3.8, 4) is 0 Å². The number of aromatic nitrogens is 1. The Kier molecular flexibility index (Phi) is 4.64. The van der Waals surface area contributed by atoms with Crippen LogP contribution in [0.2, 0.25) is 0 Å². The number of methoxy groups -OCH3 is 1. The van der Waals surface area contributed by atoms with Crippen LogP contribution in [0.15, 0.2) is 23.2 Å². The predicted octanol–water partition coefficient (Wildman–Crippen LogP) is 1.79. The van der Waals surface area contributed by atoms with Crippen molar-refractivity contribution >= 4 is 17.6 Å². The molecule has 1 aromatic rings. The van der Waals surface area contributed by atoms with Crippen molar-refractivity contribution < 1.29 is 4.74 Å². The highest BCUT2D eigenvalue weighted by atomic mass is 32.2. The van der Waals surface area contributed by atoms with Crippen molar-refractivity contribution in [2.75, 3.05) is 25.2 Å². The first kappa shape index (κ1) is 10.3. The van der Waals surface area contributed by atoms with Crippen LogP contribution in [0, 0.1) is 0 Å². The van der Waals surface area contributed by atoms with Crippen LogP contribution in [0.25, 0.3) is 0 Å². The Labute approximate surface area is 82.7 Å². The summed E-state index contributed by atoms with van der Waals surface area (Å²) in [6.07, 6.45) is 1.04. The van der Waals surface area contributed by atoms with Crippen LogP contribution in [0.5, 0.6) is 0 Å². The van der Waals surface area contributed by atoms with Crippen molar-refractivity contribution in [3.63, 3.8) is 0 Å². The molecular formula is C9H14N2OS. The van der Waals surface area contributed by atoms with Crippen LogP contribution in [-0.4, -0.2) is 24.5 Å². The standard InChI is InChI=1S/C9H14N2OS/c1-12-6-3-7-13-9-5-2-4-8(10)11-9/h2,4-5H,3,6-7H2,1H3,(H2,10,11). The molecule has 0 aromatic carbocycles. The molecule has 1 aromatic heterocycles. The lowest BCUT2D eigenvalue weighted by Crippen LogP contribution is -1.93. The Morgan fingerprint density at radius 3 is 3.08 bits per heavy atom. The van der Waals surface area contributed by atoms with E-state index < -0.39 is 0 Å². The molecule has 0 atom stereocenters. The maximum atomic E-state index is 5.54. The fourth-order valence-electron chi connectivity index (χ4n) is 0.891. The van der Waals surface area contributed by atoms with E-state index in [4.69, 9.17) is 10.5 Å². The molecule has 0 fully saturated rings. The van der Waals surface area contributed by atoms with Gasteiger partial charge in [0.2, 0.25) is 0 Å². The summed E-state index contributed by atoms with van der Waals surface area (Å²) in [4.78, 5) is 4.17. The van der Waals surface area contributed by atoms with Crippen molar-refractivity contribution in [2.24, 2.45) is 0 Å². The number of nitrogen functional groups attached to an aromatic ring is 1. The molecule has 0 saturated heterocycles. The van der Waals surface area contributed by atoms with Gasteiger partial charge in [0, 0.05) is 19.5 Å². The molecule has 13 heavy (non-hydrogen) atoms. The monoisotopic (exact) mass is 198 g/mol. The van der Waals surface area contributed by atoms with E-state index >= 15 is 0 Å². The van der Waals surface area contributed by atoms with Gasteiger partial charge in [-0.3, -0.25) is 0 Å². The Morgan fingerprint density at radius 1 is 1.54 bits per heavy atom. The summed E-state index contributed by atoms with van der Waals surface area (Å²) in [5, 5.41) is 0.983. The highest BCUT2D eigenvalue weighted by Gasteiger charge is 1.95. The molecule has 0 amide bonds. The molecule has 0 unspecified atom stereocenters. The number of hydrogen-bond acceptors (Lipinski definition) is 4. The van der Waals surface area contributed by atoms with Crippen LogP contribution >= 0.6 is 11.8 Å². The summed E-state index contributed by atoms with van der Waals surface area (Å²) >= 11 is 1.70. The number of nitrogens with zero attached hydrogens (tertiary/aromatic N) is 1. The second kappa shape index (κ2) is 5.83. The third-order valence-corrected chi connectivity index (χ3v) is 2.50. The fourth-order valence-corrected chi connectivity index (χ4v) is 1.71. The summed E-state index contributed by atoms with van der Waals surface area (Å²) in [5.41, 5.74) is 5.54. The Morgan fingerprint density at radius 2 is 2.38 bits per heavy atom. The summed E-state index contributed by atoms with van der Waals surface area (Å²) in [7, 11) is 1.71. The minimum Gasteiger partial charge on any atom is -0.385 e.